The molecule has 0 saturated carbocycles. The number of tetrazole rings is 1. The summed E-state index contributed by atoms with van der Waals surface area (Å²) < 4.78 is 20.5. The molecule has 0 radical (unpaired) electrons. The van der Waals surface area contributed by atoms with Gasteiger partial charge in [-0.2, -0.15) is 0 Å². The summed E-state index contributed by atoms with van der Waals surface area (Å²) >= 11 is 1.23. The third kappa shape index (κ3) is 4.44. The maximum absolute atomic E-state index is 13.7. The summed E-state index contributed by atoms with van der Waals surface area (Å²) in [6.45, 7) is 0.602. The van der Waals surface area contributed by atoms with Crippen LogP contribution in [0.25, 0.3) is 0 Å². The van der Waals surface area contributed by atoms with Crippen molar-refractivity contribution in [1.29, 1.82) is 0 Å². The highest BCUT2D eigenvalue weighted by Gasteiger charge is 2.15. The number of nitrogens with zero attached hydrogens (tertiary/aromatic N) is 5. The number of hydrogen-bond acceptors (Lipinski definition) is 6. The van der Waals surface area contributed by atoms with Crippen LogP contribution in [0.15, 0.2) is 52.2 Å². The topological polar surface area (TPSA) is 77.1 Å². The lowest BCUT2D eigenvalue weighted by atomic mass is 10.2. The van der Waals surface area contributed by atoms with Gasteiger partial charge in [0.1, 0.15) is 18.1 Å². The van der Waals surface area contributed by atoms with E-state index in [1.54, 1.807) is 42.3 Å². The number of hydrogen-bond donors (Lipinski definition) is 0. The first-order chi connectivity index (χ1) is 12.1. The van der Waals surface area contributed by atoms with E-state index in [0.29, 0.717) is 17.3 Å². The minimum Gasteiger partial charge on any atom is -0.467 e. The van der Waals surface area contributed by atoms with Gasteiger partial charge in [0.2, 0.25) is 11.1 Å². The lowest BCUT2D eigenvalue weighted by molar-refractivity contribution is -0.127. The third-order valence-electron chi connectivity index (χ3n) is 3.50. The average Bonchev–Trinajstić information content (AvgIpc) is 3.27. The molecule has 0 aliphatic rings. The number of halogens is 1. The number of carbonyl (C=O) groups is 1. The van der Waals surface area contributed by atoms with Crippen LogP contribution in [0.4, 0.5) is 4.39 Å². The van der Waals surface area contributed by atoms with Gasteiger partial charge < -0.3 is 9.32 Å². The van der Waals surface area contributed by atoms with Crippen LogP contribution in [0, 0.1) is 5.82 Å². The summed E-state index contributed by atoms with van der Waals surface area (Å²) in [6, 6.07) is 10.0. The maximum Gasteiger partial charge on any atom is 0.233 e. The molecule has 0 unspecified atom stereocenters. The van der Waals surface area contributed by atoms with E-state index in [-0.39, 0.29) is 24.0 Å². The van der Waals surface area contributed by atoms with Gasteiger partial charge in [-0.1, -0.05) is 30.0 Å². The first kappa shape index (κ1) is 17.2. The zero-order chi connectivity index (χ0) is 17.6. The Morgan fingerprint density at radius 2 is 2.16 bits per heavy atom. The van der Waals surface area contributed by atoms with Crippen molar-refractivity contribution >= 4 is 17.7 Å². The van der Waals surface area contributed by atoms with Crippen molar-refractivity contribution < 1.29 is 13.6 Å². The van der Waals surface area contributed by atoms with Gasteiger partial charge in [0.15, 0.2) is 0 Å². The highest BCUT2D eigenvalue weighted by atomic mass is 32.2. The molecule has 1 aromatic carbocycles. The van der Waals surface area contributed by atoms with E-state index in [0.717, 1.165) is 5.76 Å². The van der Waals surface area contributed by atoms with Crippen molar-refractivity contribution in [2.45, 2.75) is 18.2 Å². The molecule has 2 heterocycles. The Morgan fingerprint density at radius 3 is 2.92 bits per heavy atom. The Bertz CT molecular complexity index is 837. The molecule has 7 nitrogen and oxygen atoms in total. The lowest BCUT2D eigenvalue weighted by Gasteiger charge is -2.17. The van der Waals surface area contributed by atoms with Crippen molar-refractivity contribution in [3.63, 3.8) is 0 Å². The Labute approximate surface area is 147 Å². The molecule has 0 fully saturated rings. The maximum atomic E-state index is 13.7. The van der Waals surface area contributed by atoms with Gasteiger partial charge in [0.05, 0.1) is 12.0 Å². The van der Waals surface area contributed by atoms with Crippen molar-refractivity contribution in [3.05, 3.63) is 59.8 Å². The van der Waals surface area contributed by atoms with Gasteiger partial charge in [0, 0.05) is 19.2 Å². The first-order valence-electron chi connectivity index (χ1n) is 7.52. The SMILES string of the molecule is CN(Cc1ccccc1F)C(=O)CSc1nnnn1Cc1ccco1. The molecule has 3 rings (SSSR count). The molecule has 2 aromatic heterocycles. The van der Waals surface area contributed by atoms with Crippen LogP contribution in [0.3, 0.4) is 0 Å². The molecule has 130 valence electrons. The molecule has 1 amide bonds. The quantitative estimate of drug-likeness (QED) is 0.601. The van der Waals surface area contributed by atoms with Gasteiger partial charge in [-0.25, -0.2) is 9.07 Å². The molecular weight excluding hydrogens is 345 g/mol. The summed E-state index contributed by atoms with van der Waals surface area (Å²) in [6.07, 6.45) is 1.58. The van der Waals surface area contributed by atoms with E-state index in [4.69, 9.17) is 4.42 Å². The zero-order valence-corrected chi connectivity index (χ0v) is 14.3. The van der Waals surface area contributed by atoms with E-state index < -0.39 is 0 Å². The van der Waals surface area contributed by atoms with E-state index in [2.05, 4.69) is 15.5 Å². The molecule has 0 aliphatic heterocycles. The van der Waals surface area contributed by atoms with E-state index in [1.807, 2.05) is 6.07 Å². The lowest BCUT2D eigenvalue weighted by Crippen LogP contribution is -2.28. The highest BCUT2D eigenvalue weighted by Crippen LogP contribution is 2.17. The summed E-state index contributed by atoms with van der Waals surface area (Å²) in [5.74, 6) is 0.416. The van der Waals surface area contributed by atoms with E-state index >= 15 is 0 Å². The number of rotatable bonds is 7. The fourth-order valence-corrected chi connectivity index (χ4v) is 2.97. The van der Waals surface area contributed by atoms with Crippen molar-refractivity contribution in [2.24, 2.45) is 0 Å². The number of benzene rings is 1. The van der Waals surface area contributed by atoms with Gasteiger partial charge in [-0.3, -0.25) is 4.79 Å². The molecule has 0 N–H and O–H groups in total. The normalized spacial score (nSPS) is 10.8. The number of carbonyl (C=O) groups excluding carboxylic acids is 1. The van der Waals surface area contributed by atoms with Crippen molar-refractivity contribution in [1.82, 2.24) is 25.1 Å². The zero-order valence-electron chi connectivity index (χ0n) is 13.5. The molecule has 0 spiro atoms. The Morgan fingerprint density at radius 1 is 1.32 bits per heavy atom. The average molecular weight is 361 g/mol. The van der Waals surface area contributed by atoms with Crippen LogP contribution >= 0.6 is 11.8 Å². The fraction of sp³-hybridized carbons (Fsp3) is 0.250. The molecule has 25 heavy (non-hydrogen) atoms. The van der Waals surface area contributed by atoms with Crippen LogP contribution in [-0.2, 0) is 17.9 Å². The standard InChI is InChI=1S/C16H16FN5O2S/c1-21(9-12-5-2-3-7-14(12)17)15(23)11-25-16-18-19-20-22(16)10-13-6-4-8-24-13/h2-8H,9-11H2,1H3. The van der Waals surface area contributed by atoms with E-state index in [9.17, 15) is 9.18 Å². The fourth-order valence-electron chi connectivity index (χ4n) is 2.16. The van der Waals surface area contributed by atoms with Crippen molar-refractivity contribution in [3.8, 4) is 0 Å². The second kappa shape index (κ2) is 7.93. The summed E-state index contributed by atoms with van der Waals surface area (Å²) in [7, 11) is 1.64. The monoisotopic (exact) mass is 361 g/mol. The predicted molar refractivity (Wildman–Crippen MR) is 89.2 cm³/mol. The molecular formula is C16H16FN5O2S. The van der Waals surface area contributed by atoms with Crippen LogP contribution in [0.2, 0.25) is 0 Å². The van der Waals surface area contributed by atoms with Gasteiger partial charge in [-0.05, 0) is 28.6 Å². The molecule has 3 aromatic rings. The minimum absolute atomic E-state index is 0.138. The predicted octanol–water partition coefficient (Wildman–Crippen LogP) is 2.20. The molecule has 0 atom stereocenters. The Balaban J connectivity index is 1.55. The highest BCUT2D eigenvalue weighted by molar-refractivity contribution is 7.99. The van der Waals surface area contributed by atoms with Gasteiger partial charge in [0.25, 0.3) is 0 Å². The molecule has 0 aliphatic carbocycles. The molecule has 0 bridgehead atoms. The minimum atomic E-state index is -0.322. The van der Waals surface area contributed by atoms with Crippen LogP contribution in [0.5, 0.6) is 0 Å². The van der Waals surface area contributed by atoms with Crippen LogP contribution in [-0.4, -0.2) is 43.8 Å². The summed E-state index contributed by atoms with van der Waals surface area (Å²) in [5.41, 5.74) is 0.478. The molecule has 9 heteroatoms. The smallest absolute Gasteiger partial charge is 0.233 e. The Hall–Kier alpha value is -2.68. The second-order valence-corrected chi connectivity index (χ2v) is 6.27. The number of amides is 1. The van der Waals surface area contributed by atoms with E-state index in [1.165, 1.54) is 22.7 Å². The van der Waals surface area contributed by atoms with Crippen molar-refractivity contribution in [2.75, 3.05) is 12.8 Å². The molecule has 0 saturated heterocycles. The summed E-state index contributed by atoms with van der Waals surface area (Å²) in [4.78, 5) is 13.7. The van der Waals surface area contributed by atoms with Crippen LogP contribution in [0.1, 0.15) is 11.3 Å². The number of aromatic nitrogens is 4. The van der Waals surface area contributed by atoms with Crippen LogP contribution < -0.4 is 0 Å². The largest absolute Gasteiger partial charge is 0.467 e. The Kier molecular flexibility index (Phi) is 5.44. The van der Waals surface area contributed by atoms with Gasteiger partial charge >= 0.3 is 0 Å². The first-order valence-corrected chi connectivity index (χ1v) is 8.51. The second-order valence-electron chi connectivity index (χ2n) is 5.33. The van der Waals surface area contributed by atoms with Gasteiger partial charge in [-0.15, -0.1) is 5.10 Å². The number of thioether (sulfide) groups is 1. The third-order valence-corrected chi connectivity index (χ3v) is 4.44. The number of furan rings is 1. The summed E-state index contributed by atoms with van der Waals surface area (Å²) in [5, 5.41) is 12.0.